The SMILES string of the molecule is COc1ccc2c(c1OC)CCC1[C@@H]2CN[C@@H]1Cc1ccccc1.Cl. The quantitative estimate of drug-likeness (QED) is 0.895. The Balaban J connectivity index is 0.00000182. The average molecular weight is 360 g/mol. The molecule has 134 valence electrons. The number of nitrogens with one attached hydrogen (secondary N) is 1. The van der Waals surface area contributed by atoms with E-state index in [1.165, 1.54) is 23.1 Å². The van der Waals surface area contributed by atoms with Gasteiger partial charge in [-0.2, -0.15) is 0 Å². The van der Waals surface area contributed by atoms with Crippen LogP contribution in [-0.4, -0.2) is 26.8 Å². The van der Waals surface area contributed by atoms with E-state index in [1.807, 2.05) is 0 Å². The maximum absolute atomic E-state index is 5.66. The first-order valence-corrected chi connectivity index (χ1v) is 8.83. The van der Waals surface area contributed by atoms with Gasteiger partial charge in [0.05, 0.1) is 14.2 Å². The summed E-state index contributed by atoms with van der Waals surface area (Å²) in [6.45, 7) is 1.06. The van der Waals surface area contributed by atoms with Gasteiger partial charge in [0.15, 0.2) is 11.5 Å². The second-order valence-corrected chi connectivity index (χ2v) is 6.88. The Kier molecular flexibility index (Phi) is 5.55. The minimum absolute atomic E-state index is 0. The molecule has 1 fully saturated rings. The lowest BCUT2D eigenvalue weighted by Crippen LogP contribution is -2.31. The van der Waals surface area contributed by atoms with Gasteiger partial charge in [-0.05, 0) is 42.4 Å². The first-order valence-electron chi connectivity index (χ1n) is 8.83. The number of rotatable bonds is 4. The highest BCUT2D eigenvalue weighted by Crippen LogP contribution is 2.47. The Morgan fingerprint density at radius 3 is 2.56 bits per heavy atom. The minimum Gasteiger partial charge on any atom is -0.493 e. The van der Waals surface area contributed by atoms with Gasteiger partial charge in [0.2, 0.25) is 0 Å². The molecule has 1 saturated heterocycles. The van der Waals surface area contributed by atoms with Crippen molar-refractivity contribution in [3.63, 3.8) is 0 Å². The van der Waals surface area contributed by atoms with Gasteiger partial charge in [0, 0.05) is 24.1 Å². The molecule has 1 N–H and O–H groups in total. The van der Waals surface area contributed by atoms with Gasteiger partial charge in [-0.25, -0.2) is 0 Å². The first kappa shape index (κ1) is 18.1. The Hall–Kier alpha value is -1.71. The van der Waals surface area contributed by atoms with Crippen molar-refractivity contribution in [2.75, 3.05) is 20.8 Å². The Bertz CT molecular complexity index is 719. The van der Waals surface area contributed by atoms with Crippen LogP contribution in [-0.2, 0) is 12.8 Å². The molecule has 0 radical (unpaired) electrons. The molecule has 1 aliphatic carbocycles. The molecule has 1 heterocycles. The summed E-state index contributed by atoms with van der Waals surface area (Å²) < 4.78 is 11.1. The highest BCUT2D eigenvalue weighted by molar-refractivity contribution is 5.85. The van der Waals surface area contributed by atoms with E-state index in [-0.39, 0.29) is 12.4 Å². The molecule has 3 atom stereocenters. The van der Waals surface area contributed by atoms with Gasteiger partial charge in [-0.3, -0.25) is 0 Å². The van der Waals surface area contributed by atoms with Crippen LogP contribution in [0.4, 0.5) is 0 Å². The second kappa shape index (κ2) is 7.67. The number of ether oxygens (including phenoxy) is 2. The average Bonchev–Trinajstić information content (AvgIpc) is 3.04. The maximum Gasteiger partial charge on any atom is 0.164 e. The van der Waals surface area contributed by atoms with Crippen molar-refractivity contribution in [1.29, 1.82) is 0 Å². The van der Waals surface area contributed by atoms with Crippen molar-refractivity contribution < 1.29 is 9.47 Å². The van der Waals surface area contributed by atoms with Crippen LogP contribution in [0.15, 0.2) is 42.5 Å². The molecule has 4 rings (SSSR count). The van der Waals surface area contributed by atoms with Crippen LogP contribution < -0.4 is 14.8 Å². The van der Waals surface area contributed by atoms with E-state index in [0.717, 1.165) is 30.9 Å². The molecule has 0 bridgehead atoms. The van der Waals surface area contributed by atoms with Gasteiger partial charge in [-0.15, -0.1) is 12.4 Å². The largest absolute Gasteiger partial charge is 0.493 e. The van der Waals surface area contributed by atoms with Gasteiger partial charge in [0.25, 0.3) is 0 Å². The molecule has 3 nitrogen and oxygen atoms in total. The van der Waals surface area contributed by atoms with Crippen LogP contribution in [0, 0.1) is 5.92 Å². The smallest absolute Gasteiger partial charge is 0.164 e. The van der Waals surface area contributed by atoms with Gasteiger partial charge in [-0.1, -0.05) is 36.4 Å². The first-order chi connectivity index (χ1) is 11.8. The topological polar surface area (TPSA) is 30.5 Å². The lowest BCUT2D eigenvalue weighted by molar-refractivity contribution is 0.335. The number of hydrogen-bond acceptors (Lipinski definition) is 3. The normalized spacial score (nSPS) is 24.0. The molecule has 2 aromatic carbocycles. The standard InChI is InChI=1S/C21H25NO2.ClH/c1-23-20-11-10-15-17(21(20)24-2)9-8-16-18(15)13-22-19(16)12-14-6-4-3-5-7-14;/h3-7,10-11,16,18-19,22H,8-9,12-13H2,1-2H3;1H/t16?,18-,19-;/m1./s1. The van der Waals surface area contributed by atoms with E-state index in [0.29, 0.717) is 17.9 Å². The molecule has 4 heteroatoms. The predicted octanol–water partition coefficient (Wildman–Crippen LogP) is 3.99. The van der Waals surface area contributed by atoms with E-state index in [1.54, 1.807) is 14.2 Å². The minimum atomic E-state index is 0. The molecule has 2 aliphatic rings. The number of fused-ring (bicyclic) bond motifs is 3. The summed E-state index contributed by atoms with van der Waals surface area (Å²) in [6, 6.07) is 15.7. The van der Waals surface area contributed by atoms with E-state index in [4.69, 9.17) is 9.47 Å². The summed E-state index contributed by atoms with van der Waals surface area (Å²) in [6.07, 6.45) is 3.40. The lowest BCUT2D eigenvalue weighted by Gasteiger charge is -2.32. The van der Waals surface area contributed by atoms with Crippen molar-refractivity contribution in [2.45, 2.75) is 31.2 Å². The van der Waals surface area contributed by atoms with Crippen molar-refractivity contribution in [1.82, 2.24) is 5.32 Å². The number of halogens is 1. The van der Waals surface area contributed by atoms with Crippen LogP contribution >= 0.6 is 12.4 Å². The van der Waals surface area contributed by atoms with Crippen LogP contribution in [0.25, 0.3) is 0 Å². The molecule has 25 heavy (non-hydrogen) atoms. The number of hydrogen-bond donors (Lipinski definition) is 1. The predicted molar refractivity (Wildman–Crippen MR) is 103 cm³/mol. The maximum atomic E-state index is 5.66. The zero-order valence-corrected chi connectivity index (χ0v) is 15.6. The molecule has 0 amide bonds. The summed E-state index contributed by atoms with van der Waals surface area (Å²) in [4.78, 5) is 0. The van der Waals surface area contributed by atoms with Gasteiger partial charge in [0.1, 0.15) is 0 Å². The third kappa shape index (κ3) is 3.23. The van der Waals surface area contributed by atoms with Crippen LogP contribution in [0.1, 0.15) is 29.0 Å². The molecular weight excluding hydrogens is 334 g/mol. The van der Waals surface area contributed by atoms with Gasteiger partial charge >= 0.3 is 0 Å². The van der Waals surface area contributed by atoms with Crippen molar-refractivity contribution in [3.05, 3.63) is 59.2 Å². The Morgan fingerprint density at radius 1 is 1.04 bits per heavy atom. The van der Waals surface area contributed by atoms with E-state index < -0.39 is 0 Å². The highest BCUT2D eigenvalue weighted by atomic mass is 35.5. The molecule has 2 aromatic rings. The molecule has 0 saturated carbocycles. The van der Waals surface area contributed by atoms with E-state index in [9.17, 15) is 0 Å². The third-order valence-corrected chi connectivity index (χ3v) is 5.74. The van der Waals surface area contributed by atoms with Crippen LogP contribution in [0.3, 0.4) is 0 Å². The zero-order valence-electron chi connectivity index (χ0n) is 14.8. The summed E-state index contributed by atoms with van der Waals surface area (Å²) >= 11 is 0. The highest BCUT2D eigenvalue weighted by Gasteiger charge is 2.40. The number of methoxy groups -OCH3 is 2. The summed E-state index contributed by atoms with van der Waals surface area (Å²) in [5.74, 6) is 3.07. The third-order valence-electron chi connectivity index (χ3n) is 5.74. The fraction of sp³-hybridized carbons (Fsp3) is 0.429. The van der Waals surface area contributed by atoms with Crippen LogP contribution in [0.5, 0.6) is 11.5 Å². The molecular formula is C21H26ClNO2. The second-order valence-electron chi connectivity index (χ2n) is 6.88. The summed E-state index contributed by atoms with van der Waals surface area (Å²) in [5.41, 5.74) is 4.22. The summed E-state index contributed by atoms with van der Waals surface area (Å²) in [5, 5.41) is 3.78. The number of benzene rings is 2. The van der Waals surface area contributed by atoms with Crippen molar-refractivity contribution in [3.8, 4) is 11.5 Å². The summed E-state index contributed by atoms with van der Waals surface area (Å²) in [7, 11) is 3.46. The zero-order chi connectivity index (χ0) is 16.5. The molecule has 0 aromatic heterocycles. The fourth-order valence-corrected chi connectivity index (χ4v) is 4.62. The fourth-order valence-electron chi connectivity index (χ4n) is 4.62. The van der Waals surface area contributed by atoms with Crippen molar-refractivity contribution in [2.24, 2.45) is 5.92 Å². The lowest BCUT2D eigenvalue weighted by atomic mass is 9.73. The monoisotopic (exact) mass is 359 g/mol. The van der Waals surface area contributed by atoms with Gasteiger partial charge < -0.3 is 14.8 Å². The Morgan fingerprint density at radius 2 is 1.84 bits per heavy atom. The molecule has 1 aliphatic heterocycles. The van der Waals surface area contributed by atoms with E-state index in [2.05, 4.69) is 47.8 Å². The molecule has 1 unspecified atom stereocenters. The van der Waals surface area contributed by atoms with Crippen molar-refractivity contribution >= 4 is 12.4 Å². The van der Waals surface area contributed by atoms with Crippen LogP contribution in [0.2, 0.25) is 0 Å². The Labute approximate surface area is 156 Å². The van der Waals surface area contributed by atoms with E-state index >= 15 is 0 Å². The molecule has 0 spiro atoms.